The van der Waals surface area contributed by atoms with E-state index in [1.165, 1.54) is 36.4 Å². The number of ether oxygens (including phenoxy) is 2. The van der Waals surface area contributed by atoms with E-state index in [1.54, 1.807) is 12.1 Å². The normalized spacial score (nSPS) is 23.9. The molecule has 0 radical (unpaired) electrons. The van der Waals surface area contributed by atoms with Crippen molar-refractivity contribution in [2.24, 2.45) is 4.40 Å². The van der Waals surface area contributed by atoms with Crippen LogP contribution in [0.5, 0.6) is 0 Å². The van der Waals surface area contributed by atoms with Gasteiger partial charge in [-0.15, -0.1) is 0 Å². The summed E-state index contributed by atoms with van der Waals surface area (Å²) in [5.41, 5.74) is 1.20. The Kier molecular flexibility index (Phi) is 3.91. The molecule has 120 valence electrons. The molecule has 1 spiro atoms. The van der Waals surface area contributed by atoms with Crippen molar-refractivity contribution in [3.05, 3.63) is 54.1 Å². The van der Waals surface area contributed by atoms with Gasteiger partial charge in [-0.05, 0) is 43.4 Å². The molecule has 3 rings (SSSR count). The zero-order chi connectivity index (χ0) is 16.5. The van der Waals surface area contributed by atoms with Crippen LogP contribution in [0.2, 0.25) is 0 Å². The first-order valence-electron chi connectivity index (χ1n) is 7.05. The summed E-state index contributed by atoms with van der Waals surface area (Å²) < 4.78 is 38.9. The van der Waals surface area contributed by atoms with Crippen LogP contribution in [0.4, 0.5) is 0 Å². The van der Waals surface area contributed by atoms with Crippen LogP contribution in [-0.4, -0.2) is 32.5 Å². The molecule has 7 heteroatoms. The molecule has 1 aliphatic carbocycles. The van der Waals surface area contributed by atoms with Crippen LogP contribution in [0.3, 0.4) is 0 Å². The second kappa shape index (κ2) is 5.75. The molecule has 0 unspecified atom stereocenters. The third kappa shape index (κ3) is 3.40. The highest BCUT2D eigenvalue weighted by molar-refractivity contribution is 7.90. The first-order chi connectivity index (χ1) is 10.9. The maximum Gasteiger partial charge on any atom is 0.311 e. The minimum absolute atomic E-state index is 0.123. The molecule has 0 bridgehead atoms. The number of sulfonamides is 1. The molecule has 1 aromatic rings. The number of rotatable bonds is 2. The molecule has 1 saturated heterocycles. The van der Waals surface area contributed by atoms with Crippen LogP contribution in [-0.2, 0) is 24.3 Å². The van der Waals surface area contributed by atoms with E-state index < -0.39 is 15.8 Å². The molecule has 1 aliphatic heterocycles. The lowest BCUT2D eigenvalue weighted by molar-refractivity contribution is -0.211. The fourth-order valence-electron chi connectivity index (χ4n) is 2.19. The fourth-order valence-corrected chi connectivity index (χ4v) is 3.18. The van der Waals surface area contributed by atoms with Crippen LogP contribution >= 0.6 is 0 Å². The van der Waals surface area contributed by atoms with Crippen molar-refractivity contribution in [1.82, 2.24) is 0 Å². The Hall–Kier alpha value is -2.25. The van der Waals surface area contributed by atoms with Gasteiger partial charge in [-0.25, -0.2) is 0 Å². The second-order valence-corrected chi connectivity index (χ2v) is 6.87. The number of hydrogen-bond acceptors (Lipinski definition) is 5. The monoisotopic (exact) mass is 333 g/mol. The van der Waals surface area contributed by atoms with Gasteiger partial charge in [0.2, 0.25) is 0 Å². The highest BCUT2D eigenvalue weighted by atomic mass is 32.2. The van der Waals surface area contributed by atoms with Crippen molar-refractivity contribution in [3.63, 3.8) is 0 Å². The van der Waals surface area contributed by atoms with Crippen LogP contribution in [0.15, 0.2) is 57.9 Å². The second-order valence-electron chi connectivity index (χ2n) is 5.26. The Labute approximate surface area is 134 Å². The van der Waals surface area contributed by atoms with Crippen LogP contribution in [0, 0.1) is 6.92 Å². The molecule has 1 aromatic carbocycles. The van der Waals surface area contributed by atoms with Crippen molar-refractivity contribution < 1.29 is 22.7 Å². The van der Waals surface area contributed by atoms with Gasteiger partial charge in [0.25, 0.3) is 15.8 Å². The molecule has 6 nitrogen and oxygen atoms in total. The van der Waals surface area contributed by atoms with Gasteiger partial charge in [0.05, 0.1) is 23.6 Å². The van der Waals surface area contributed by atoms with Gasteiger partial charge in [-0.3, -0.25) is 4.79 Å². The minimum atomic E-state index is -3.79. The third-order valence-electron chi connectivity index (χ3n) is 3.42. The number of aryl methyl sites for hydroxylation is 1. The summed E-state index contributed by atoms with van der Waals surface area (Å²) in [6, 6.07) is 6.45. The number of carbonyl (C=O) groups is 1. The van der Waals surface area contributed by atoms with Crippen molar-refractivity contribution in [3.8, 4) is 0 Å². The Bertz CT molecular complexity index is 803. The zero-order valence-electron chi connectivity index (χ0n) is 12.4. The molecule has 0 aromatic heterocycles. The van der Waals surface area contributed by atoms with E-state index in [2.05, 4.69) is 4.40 Å². The van der Waals surface area contributed by atoms with E-state index in [0.29, 0.717) is 0 Å². The largest absolute Gasteiger partial charge is 0.425 e. The smallest absolute Gasteiger partial charge is 0.311 e. The third-order valence-corrected chi connectivity index (χ3v) is 4.74. The summed E-state index contributed by atoms with van der Waals surface area (Å²) in [6.07, 6.45) is 6.09. The van der Waals surface area contributed by atoms with Gasteiger partial charge in [0.15, 0.2) is 0 Å². The maximum atomic E-state index is 12.3. The Balaban J connectivity index is 1.83. The van der Waals surface area contributed by atoms with Crippen molar-refractivity contribution in [2.45, 2.75) is 24.0 Å². The minimum Gasteiger partial charge on any atom is -0.425 e. The van der Waals surface area contributed by atoms with E-state index in [1.807, 2.05) is 6.92 Å². The molecule has 0 atom stereocenters. The van der Waals surface area contributed by atoms with E-state index in [9.17, 15) is 13.2 Å². The number of hydrogen-bond donors (Lipinski definition) is 0. The summed E-state index contributed by atoms with van der Waals surface area (Å²) >= 11 is 0. The molecule has 0 amide bonds. The molecular formula is C16H15NO5S. The Morgan fingerprint density at radius 2 is 1.78 bits per heavy atom. The van der Waals surface area contributed by atoms with Gasteiger partial charge in [0.1, 0.15) is 0 Å². The van der Waals surface area contributed by atoms with Crippen molar-refractivity contribution in [2.75, 3.05) is 6.61 Å². The molecule has 2 aliphatic rings. The number of benzene rings is 1. The lowest BCUT2D eigenvalue weighted by Crippen LogP contribution is -2.40. The first kappa shape index (κ1) is 15.6. The SMILES string of the molecule is Cc1ccc(S(=O)(=O)N=C2C=CC3(C=C2)OCCC(=O)O3)cc1. The summed E-state index contributed by atoms with van der Waals surface area (Å²) in [4.78, 5) is 11.5. The van der Waals surface area contributed by atoms with Gasteiger partial charge in [0, 0.05) is 0 Å². The summed E-state index contributed by atoms with van der Waals surface area (Å²) in [5, 5.41) is 0. The molecular weight excluding hydrogens is 318 g/mol. The zero-order valence-corrected chi connectivity index (χ0v) is 13.2. The quantitative estimate of drug-likeness (QED) is 0.772. The van der Waals surface area contributed by atoms with E-state index >= 15 is 0 Å². The highest BCUT2D eigenvalue weighted by Gasteiger charge is 2.35. The van der Waals surface area contributed by atoms with Crippen molar-refractivity contribution in [1.29, 1.82) is 0 Å². The highest BCUT2D eigenvalue weighted by Crippen LogP contribution is 2.26. The lowest BCUT2D eigenvalue weighted by Gasteiger charge is -2.32. The number of nitrogens with zero attached hydrogens (tertiary/aromatic N) is 1. The average Bonchev–Trinajstić information content (AvgIpc) is 2.50. The van der Waals surface area contributed by atoms with Crippen molar-refractivity contribution >= 4 is 21.7 Å². The predicted octanol–water partition coefficient (Wildman–Crippen LogP) is 1.91. The number of esters is 1. The molecule has 1 fully saturated rings. The lowest BCUT2D eigenvalue weighted by atomic mass is 10.1. The average molecular weight is 333 g/mol. The number of carbonyl (C=O) groups excluding carboxylic acids is 1. The van der Waals surface area contributed by atoms with Gasteiger partial charge in [-0.2, -0.15) is 12.8 Å². The predicted molar refractivity (Wildman–Crippen MR) is 83.5 cm³/mol. The number of allylic oxidation sites excluding steroid dienone is 2. The van der Waals surface area contributed by atoms with E-state index in [0.717, 1.165) is 5.56 Å². The van der Waals surface area contributed by atoms with Crippen LogP contribution < -0.4 is 0 Å². The van der Waals surface area contributed by atoms with E-state index in [-0.39, 0.29) is 29.6 Å². The van der Waals surface area contributed by atoms with Gasteiger partial charge in [-0.1, -0.05) is 17.7 Å². The van der Waals surface area contributed by atoms with E-state index in [4.69, 9.17) is 9.47 Å². The standard InChI is InChI=1S/C16H15NO5S/c1-12-2-4-14(5-3-12)23(19,20)17-13-6-9-16(10-7-13)21-11-8-15(18)22-16/h2-7,9-10H,8,11H2,1H3. The summed E-state index contributed by atoms with van der Waals surface area (Å²) in [5.74, 6) is -1.61. The summed E-state index contributed by atoms with van der Waals surface area (Å²) in [7, 11) is -3.79. The molecule has 1 heterocycles. The van der Waals surface area contributed by atoms with Gasteiger partial charge < -0.3 is 9.47 Å². The Morgan fingerprint density at radius 3 is 2.39 bits per heavy atom. The summed E-state index contributed by atoms with van der Waals surface area (Å²) in [6.45, 7) is 2.13. The topological polar surface area (TPSA) is 82.0 Å². The molecule has 0 N–H and O–H groups in total. The molecule has 23 heavy (non-hydrogen) atoms. The van der Waals surface area contributed by atoms with Crippen LogP contribution in [0.1, 0.15) is 12.0 Å². The maximum absolute atomic E-state index is 12.3. The fraction of sp³-hybridized carbons (Fsp3) is 0.250. The molecule has 0 saturated carbocycles. The Morgan fingerprint density at radius 1 is 1.13 bits per heavy atom. The van der Waals surface area contributed by atoms with Crippen LogP contribution in [0.25, 0.3) is 0 Å². The first-order valence-corrected chi connectivity index (χ1v) is 8.49. The van der Waals surface area contributed by atoms with Gasteiger partial charge >= 0.3 is 5.97 Å².